The van der Waals surface area contributed by atoms with E-state index < -0.39 is 11.4 Å². The summed E-state index contributed by atoms with van der Waals surface area (Å²) in [5.41, 5.74) is -1.09. The van der Waals surface area contributed by atoms with Crippen LogP contribution in [0.2, 0.25) is 0 Å². The van der Waals surface area contributed by atoms with Gasteiger partial charge in [0.25, 0.3) is 0 Å². The number of carbonyl (C=O) groups excluding carboxylic acids is 1. The highest BCUT2D eigenvalue weighted by molar-refractivity contribution is 5.83. The first kappa shape index (κ1) is 9.79. The maximum absolute atomic E-state index is 11.4. The third-order valence-electron chi connectivity index (χ3n) is 2.18. The van der Waals surface area contributed by atoms with Crippen molar-refractivity contribution in [2.45, 2.75) is 26.9 Å². The van der Waals surface area contributed by atoms with E-state index in [4.69, 9.17) is 10.00 Å². The molecule has 0 radical (unpaired) electrons. The Bertz CT molecular complexity index is 288. The monoisotopic (exact) mass is 179 g/mol. The summed E-state index contributed by atoms with van der Waals surface area (Å²) in [4.78, 5) is 11.4. The van der Waals surface area contributed by atoms with Crippen molar-refractivity contribution in [3.8, 4) is 6.07 Å². The molecule has 3 nitrogen and oxygen atoms in total. The molecule has 0 aromatic heterocycles. The lowest BCUT2D eigenvalue weighted by Crippen LogP contribution is -2.36. The molecule has 1 aliphatic rings. The Morgan fingerprint density at radius 1 is 1.69 bits per heavy atom. The molecule has 2 atom stereocenters. The number of ether oxygens (including phenoxy) is 1. The molecule has 0 saturated heterocycles. The van der Waals surface area contributed by atoms with Gasteiger partial charge in [-0.25, -0.2) is 4.79 Å². The highest BCUT2D eigenvalue weighted by Gasteiger charge is 2.37. The van der Waals surface area contributed by atoms with Crippen molar-refractivity contribution in [1.82, 2.24) is 0 Å². The highest BCUT2D eigenvalue weighted by atomic mass is 16.5. The van der Waals surface area contributed by atoms with Gasteiger partial charge in [0, 0.05) is 0 Å². The molecular weight excluding hydrogens is 166 g/mol. The second-order valence-corrected chi connectivity index (χ2v) is 3.79. The van der Waals surface area contributed by atoms with Crippen LogP contribution in [-0.2, 0) is 9.53 Å². The number of nitrogens with zero attached hydrogens (tertiary/aromatic N) is 1. The Morgan fingerprint density at radius 3 is 2.69 bits per heavy atom. The number of nitriles is 1. The molecule has 70 valence electrons. The Morgan fingerprint density at radius 2 is 2.31 bits per heavy atom. The van der Waals surface area contributed by atoms with Crippen LogP contribution in [0.15, 0.2) is 12.2 Å². The van der Waals surface area contributed by atoms with Crippen molar-refractivity contribution in [3.63, 3.8) is 0 Å². The minimum atomic E-state index is -1.09. The van der Waals surface area contributed by atoms with E-state index in [-0.39, 0.29) is 12.0 Å². The van der Waals surface area contributed by atoms with Crippen LogP contribution < -0.4 is 0 Å². The summed E-state index contributed by atoms with van der Waals surface area (Å²) in [6, 6.07) is 1.93. The molecule has 0 aliphatic carbocycles. The van der Waals surface area contributed by atoms with Gasteiger partial charge in [-0.15, -0.1) is 0 Å². The van der Waals surface area contributed by atoms with Gasteiger partial charge in [0.05, 0.1) is 6.07 Å². The van der Waals surface area contributed by atoms with Crippen molar-refractivity contribution in [3.05, 3.63) is 12.2 Å². The minimum absolute atomic E-state index is 0.186. The minimum Gasteiger partial charge on any atom is -0.456 e. The van der Waals surface area contributed by atoms with Crippen LogP contribution in [-0.4, -0.2) is 12.1 Å². The van der Waals surface area contributed by atoms with Crippen molar-refractivity contribution in [2.24, 2.45) is 11.3 Å². The van der Waals surface area contributed by atoms with E-state index in [1.54, 1.807) is 19.1 Å². The molecule has 3 heteroatoms. The smallest absolute Gasteiger partial charge is 0.330 e. The molecule has 2 unspecified atom stereocenters. The summed E-state index contributed by atoms with van der Waals surface area (Å²) in [5.74, 6) is -0.195. The third kappa shape index (κ3) is 1.72. The summed E-state index contributed by atoms with van der Waals surface area (Å²) < 4.78 is 5.11. The van der Waals surface area contributed by atoms with E-state index in [0.29, 0.717) is 0 Å². The van der Waals surface area contributed by atoms with Crippen LogP contribution >= 0.6 is 0 Å². The molecule has 1 heterocycles. The molecule has 0 spiro atoms. The normalized spacial score (nSPS) is 32.8. The summed E-state index contributed by atoms with van der Waals surface area (Å²) in [6.07, 6.45) is 3.23. The molecule has 0 saturated carbocycles. The fraction of sp³-hybridized carbons (Fsp3) is 0.600. The first-order valence-corrected chi connectivity index (χ1v) is 4.31. The zero-order valence-electron chi connectivity index (χ0n) is 8.07. The van der Waals surface area contributed by atoms with Crippen LogP contribution in [0, 0.1) is 22.7 Å². The van der Waals surface area contributed by atoms with E-state index in [0.717, 1.165) is 0 Å². The van der Waals surface area contributed by atoms with Crippen molar-refractivity contribution in [1.29, 1.82) is 5.26 Å². The van der Waals surface area contributed by atoms with Gasteiger partial charge in [-0.05, 0) is 18.9 Å². The van der Waals surface area contributed by atoms with Crippen LogP contribution in [0.25, 0.3) is 0 Å². The van der Waals surface area contributed by atoms with Gasteiger partial charge in [0.15, 0.2) is 5.41 Å². The number of cyclic esters (lactones) is 1. The molecule has 0 amide bonds. The number of carbonyl (C=O) groups is 1. The van der Waals surface area contributed by atoms with Crippen LogP contribution in [0.5, 0.6) is 0 Å². The fourth-order valence-corrected chi connectivity index (χ4v) is 1.08. The fourth-order valence-electron chi connectivity index (χ4n) is 1.08. The highest BCUT2D eigenvalue weighted by Crippen LogP contribution is 2.27. The molecule has 0 fully saturated rings. The SMILES string of the molecule is CC(C)C1C=CC(C)(C#N)C(=O)O1. The predicted molar refractivity (Wildman–Crippen MR) is 47.6 cm³/mol. The summed E-state index contributed by atoms with van der Waals surface area (Å²) >= 11 is 0. The van der Waals surface area contributed by atoms with Crippen LogP contribution in [0.1, 0.15) is 20.8 Å². The zero-order valence-corrected chi connectivity index (χ0v) is 8.07. The van der Waals surface area contributed by atoms with E-state index in [1.807, 2.05) is 19.9 Å². The Labute approximate surface area is 78.0 Å². The number of hydrogen-bond acceptors (Lipinski definition) is 3. The van der Waals surface area contributed by atoms with Gasteiger partial charge in [-0.3, -0.25) is 0 Å². The first-order valence-electron chi connectivity index (χ1n) is 4.31. The largest absolute Gasteiger partial charge is 0.456 e. The van der Waals surface area contributed by atoms with Crippen molar-refractivity contribution >= 4 is 5.97 Å². The maximum atomic E-state index is 11.4. The maximum Gasteiger partial charge on any atom is 0.330 e. The second kappa shape index (κ2) is 3.21. The average Bonchev–Trinajstić information content (AvgIpc) is 2.09. The first-order chi connectivity index (χ1) is 5.99. The topological polar surface area (TPSA) is 50.1 Å². The Kier molecular flexibility index (Phi) is 2.42. The summed E-state index contributed by atoms with van der Waals surface area (Å²) in [7, 11) is 0. The van der Waals surface area contributed by atoms with E-state index in [2.05, 4.69) is 0 Å². The van der Waals surface area contributed by atoms with E-state index >= 15 is 0 Å². The molecule has 0 N–H and O–H groups in total. The molecule has 13 heavy (non-hydrogen) atoms. The van der Waals surface area contributed by atoms with Gasteiger partial charge in [-0.2, -0.15) is 5.26 Å². The molecule has 0 aromatic rings. The summed E-state index contributed by atoms with van der Waals surface area (Å²) in [5, 5.41) is 8.74. The molecule has 0 aromatic carbocycles. The van der Waals surface area contributed by atoms with Crippen LogP contribution in [0.3, 0.4) is 0 Å². The Hall–Kier alpha value is -1.30. The lowest BCUT2D eigenvalue weighted by atomic mass is 9.88. The van der Waals surface area contributed by atoms with Gasteiger partial charge in [0.2, 0.25) is 0 Å². The van der Waals surface area contributed by atoms with Gasteiger partial charge in [0.1, 0.15) is 6.10 Å². The molecular formula is C10H13NO2. The summed E-state index contributed by atoms with van der Waals surface area (Å²) in [6.45, 7) is 5.50. The molecule has 0 bridgehead atoms. The van der Waals surface area contributed by atoms with Crippen LogP contribution in [0.4, 0.5) is 0 Å². The number of esters is 1. The lowest BCUT2D eigenvalue weighted by Gasteiger charge is -2.27. The average molecular weight is 179 g/mol. The standard InChI is InChI=1S/C10H13NO2/c1-7(2)8-4-5-10(3,6-11)9(12)13-8/h4-5,7-8H,1-3H3. The van der Waals surface area contributed by atoms with Gasteiger partial charge in [-0.1, -0.05) is 19.9 Å². The predicted octanol–water partition coefficient (Wildman–Crippen LogP) is 1.65. The third-order valence-corrected chi connectivity index (χ3v) is 2.18. The van der Waals surface area contributed by atoms with Crippen molar-refractivity contribution in [2.75, 3.05) is 0 Å². The number of hydrogen-bond donors (Lipinski definition) is 0. The molecule has 1 rings (SSSR count). The molecule has 1 aliphatic heterocycles. The van der Waals surface area contributed by atoms with Crippen molar-refractivity contribution < 1.29 is 9.53 Å². The Balaban J connectivity index is 2.88. The van der Waals surface area contributed by atoms with Gasteiger partial charge >= 0.3 is 5.97 Å². The second-order valence-electron chi connectivity index (χ2n) is 3.79. The quantitative estimate of drug-likeness (QED) is 0.454. The number of rotatable bonds is 1. The lowest BCUT2D eigenvalue weighted by molar-refractivity contribution is -0.156. The van der Waals surface area contributed by atoms with E-state index in [1.165, 1.54) is 0 Å². The van der Waals surface area contributed by atoms with Gasteiger partial charge < -0.3 is 4.74 Å². The van der Waals surface area contributed by atoms with E-state index in [9.17, 15) is 4.79 Å². The zero-order chi connectivity index (χ0) is 10.1.